The molecule has 1 aromatic carbocycles. The Balaban J connectivity index is 2.07. The van der Waals surface area contributed by atoms with Gasteiger partial charge in [0, 0.05) is 6.20 Å². The van der Waals surface area contributed by atoms with Crippen molar-refractivity contribution < 1.29 is 18.3 Å². The number of rotatable bonds is 5. The second-order valence-electron chi connectivity index (χ2n) is 4.30. The number of carbonyl (C=O) groups excluding carboxylic acids is 1. The molecule has 0 unspecified atom stereocenters. The Morgan fingerprint density at radius 2 is 2.14 bits per heavy atom. The number of benzene rings is 1. The van der Waals surface area contributed by atoms with Crippen LogP contribution in [0.4, 0.5) is 8.78 Å². The SMILES string of the molecule is Cc1cccc(COC(=O)c2cccnc2SC(F)F)c1. The molecular formula is C15H13F2NO2S. The number of thioether (sulfide) groups is 1. The first-order valence-corrected chi connectivity index (χ1v) is 7.06. The van der Waals surface area contributed by atoms with Crippen LogP contribution >= 0.6 is 11.8 Å². The van der Waals surface area contributed by atoms with Crippen molar-refractivity contribution in [3.63, 3.8) is 0 Å². The molecule has 1 heterocycles. The van der Waals surface area contributed by atoms with Gasteiger partial charge in [-0.3, -0.25) is 0 Å². The summed E-state index contributed by atoms with van der Waals surface area (Å²) < 4.78 is 30.0. The number of pyridine rings is 1. The average Bonchev–Trinajstić information content (AvgIpc) is 2.45. The fourth-order valence-electron chi connectivity index (χ4n) is 1.75. The van der Waals surface area contributed by atoms with Crippen LogP contribution in [0.1, 0.15) is 21.5 Å². The van der Waals surface area contributed by atoms with Gasteiger partial charge in [0.2, 0.25) is 0 Å². The van der Waals surface area contributed by atoms with Gasteiger partial charge in [-0.15, -0.1) is 0 Å². The molecule has 21 heavy (non-hydrogen) atoms. The number of nitrogens with zero attached hydrogens (tertiary/aromatic N) is 1. The number of aryl methyl sites for hydroxylation is 1. The van der Waals surface area contributed by atoms with Crippen molar-refractivity contribution in [1.29, 1.82) is 0 Å². The molecule has 0 aliphatic heterocycles. The fraction of sp³-hybridized carbons (Fsp3) is 0.200. The summed E-state index contributed by atoms with van der Waals surface area (Å²) in [7, 11) is 0. The van der Waals surface area contributed by atoms with Gasteiger partial charge in [0.25, 0.3) is 5.76 Å². The lowest BCUT2D eigenvalue weighted by atomic mass is 10.1. The second kappa shape index (κ2) is 7.17. The zero-order chi connectivity index (χ0) is 15.2. The third-order valence-electron chi connectivity index (χ3n) is 2.64. The molecule has 6 heteroatoms. The molecule has 2 rings (SSSR count). The van der Waals surface area contributed by atoms with E-state index in [0.717, 1.165) is 11.1 Å². The molecule has 0 atom stereocenters. The van der Waals surface area contributed by atoms with Crippen LogP contribution in [-0.2, 0) is 11.3 Å². The molecule has 0 bridgehead atoms. The van der Waals surface area contributed by atoms with E-state index in [1.165, 1.54) is 18.3 Å². The highest BCUT2D eigenvalue weighted by Gasteiger charge is 2.17. The van der Waals surface area contributed by atoms with E-state index in [1.54, 1.807) is 0 Å². The quantitative estimate of drug-likeness (QED) is 0.617. The van der Waals surface area contributed by atoms with E-state index in [1.807, 2.05) is 31.2 Å². The molecule has 0 amide bonds. The molecule has 0 aliphatic carbocycles. The Kier molecular flexibility index (Phi) is 5.27. The van der Waals surface area contributed by atoms with Gasteiger partial charge in [-0.1, -0.05) is 29.8 Å². The second-order valence-corrected chi connectivity index (χ2v) is 5.28. The van der Waals surface area contributed by atoms with Crippen molar-refractivity contribution in [2.24, 2.45) is 0 Å². The third-order valence-corrected chi connectivity index (χ3v) is 3.37. The first-order valence-electron chi connectivity index (χ1n) is 6.19. The van der Waals surface area contributed by atoms with Crippen molar-refractivity contribution >= 4 is 17.7 Å². The standard InChI is InChI=1S/C15H13F2NO2S/c1-10-4-2-5-11(8-10)9-20-14(19)12-6-3-7-18-13(12)21-15(16)17/h2-8,15H,9H2,1H3. The summed E-state index contributed by atoms with van der Waals surface area (Å²) in [4.78, 5) is 15.8. The number of carbonyl (C=O) groups is 1. The zero-order valence-corrected chi connectivity index (χ0v) is 12.1. The molecule has 0 saturated carbocycles. The first-order chi connectivity index (χ1) is 10.1. The summed E-state index contributed by atoms with van der Waals surface area (Å²) >= 11 is 0.232. The van der Waals surface area contributed by atoms with Crippen LogP contribution in [-0.4, -0.2) is 16.7 Å². The minimum absolute atomic E-state index is 0.0262. The van der Waals surface area contributed by atoms with Gasteiger partial charge in [-0.05, 0) is 36.4 Å². The predicted molar refractivity (Wildman–Crippen MR) is 76.4 cm³/mol. The maximum absolute atomic E-state index is 12.4. The average molecular weight is 309 g/mol. The molecule has 2 aromatic rings. The van der Waals surface area contributed by atoms with Gasteiger partial charge >= 0.3 is 5.97 Å². The summed E-state index contributed by atoms with van der Waals surface area (Å²) in [5.41, 5.74) is 1.95. The highest BCUT2D eigenvalue weighted by Crippen LogP contribution is 2.26. The Morgan fingerprint density at radius 3 is 2.86 bits per heavy atom. The monoisotopic (exact) mass is 309 g/mol. The van der Waals surface area contributed by atoms with Crippen LogP contribution in [0.25, 0.3) is 0 Å². The van der Waals surface area contributed by atoms with E-state index >= 15 is 0 Å². The van der Waals surface area contributed by atoms with Crippen LogP contribution in [0.15, 0.2) is 47.6 Å². The number of hydrogen-bond acceptors (Lipinski definition) is 4. The molecule has 0 aliphatic rings. The van der Waals surface area contributed by atoms with E-state index in [0.29, 0.717) is 0 Å². The zero-order valence-electron chi connectivity index (χ0n) is 11.3. The van der Waals surface area contributed by atoms with Crippen LogP contribution in [0.3, 0.4) is 0 Å². The summed E-state index contributed by atoms with van der Waals surface area (Å²) in [6.45, 7) is 2.03. The Morgan fingerprint density at radius 1 is 1.33 bits per heavy atom. The molecule has 3 nitrogen and oxygen atoms in total. The van der Waals surface area contributed by atoms with Crippen LogP contribution in [0.2, 0.25) is 0 Å². The van der Waals surface area contributed by atoms with Crippen molar-refractivity contribution in [1.82, 2.24) is 4.98 Å². The van der Waals surface area contributed by atoms with E-state index in [9.17, 15) is 13.6 Å². The number of esters is 1. The topological polar surface area (TPSA) is 39.2 Å². The molecule has 0 N–H and O–H groups in total. The van der Waals surface area contributed by atoms with E-state index in [-0.39, 0.29) is 29.0 Å². The van der Waals surface area contributed by atoms with Crippen LogP contribution in [0.5, 0.6) is 0 Å². The third kappa shape index (κ3) is 4.53. The molecule has 0 radical (unpaired) electrons. The Hall–Kier alpha value is -1.95. The van der Waals surface area contributed by atoms with E-state index in [4.69, 9.17) is 4.74 Å². The summed E-state index contributed by atoms with van der Waals surface area (Å²) in [6, 6.07) is 10.5. The highest BCUT2D eigenvalue weighted by atomic mass is 32.2. The number of hydrogen-bond donors (Lipinski definition) is 0. The molecular weight excluding hydrogens is 296 g/mol. The first kappa shape index (κ1) is 15.4. The van der Waals surface area contributed by atoms with Crippen molar-refractivity contribution in [2.75, 3.05) is 0 Å². The van der Waals surface area contributed by atoms with E-state index in [2.05, 4.69) is 4.98 Å². The van der Waals surface area contributed by atoms with Gasteiger partial charge in [0.15, 0.2) is 0 Å². The summed E-state index contributed by atoms with van der Waals surface area (Å²) in [6.07, 6.45) is 1.36. The predicted octanol–water partition coefficient (Wildman–Crippen LogP) is 4.06. The van der Waals surface area contributed by atoms with Gasteiger partial charge in [-0.2, -0.15) is 8.78 Å². The van der Waals surface area contributed by atoms with E-state index < -0.39 is 11.7 Å². The van der Waals surface area contributed by atoms with Crippen molar-refractivity contribution in [3.8, 4) is 0 Å². The van der Waals surface area contributed by atoms with Gasteiger partial charge in [0.1, 0.15) is 11.6 Å². The molecule has 0 saturated heterocycles. The molecule has 0 fully saturated rings. The number of ether oxygens (including phenoxy) is 1. The maximum Gasteiger partial charge on any atom is 0.341 e. The molecule has 0 spiro atoms. The van der Waals surface area contributed by atoms with Crippen molar-refractivity contribution in [2.45, 2.75) is 24.3 Å². The van der Waals surface area contributed by atoms with Gasteiger partial charge in [-0.25, -0.2) is 9.78 Å². The number of halogens is 2. The number of aromatic nitrogens is 1. The number of alkyl halides is 2. The fourth-order valence-corrected chi connectivity index (χ4v) is 2.32. The van der Waals surface area contributed by atoms with Gasteiger partial charge < -0.3 is 4.74 Å². The molecule has 1 aromatic heterocycles. The highest BCUT2D eigenvalue weighted by molar-refractivity contribution is 7.99. The molecule has 110 valence electrons. The lowest BCUT2D eigenvalue weighted by Crippen LogP contribution is -2.08. The maximum atomic E-state index is 12.4. The Labute approximate surface area is 125 Å². The van der Waals surface area contributed by atoms with Crippen molar-refractivity contribution in [3.05, 3.63) is 59.3 Å². The van der Waals surface area contributed by atoms with Crippen LogP contribution in [0, 0.1) is 6.92 Å². The summed E-state index contributed by atoms with van der Waals surface area (Å²) in [5, 5.41) is -0.0262. The normalized spacial score (nSPS) is 10.7. The lowest BCUT2D eigenvalue weighted by molar-refractivity contribution is 0.0467. The Bertz CT molecular complexity index is 635. The largest absolute Gasteiger partial charge is 0.457 e. The lowest BCUT2D eigenvalue weighted by Gasteiger charge is -2.08. The van der Waals surface area contributed by atoms with Gasteiger partial charge in [0.05, 0.1) is 5.56 Å². The van der Waals surface area contributed by atoms with Crippen LogP contribution < -0.4 is 0 Å². The summed E-state index contributed by atoms with van der Waals surface area (Å²) in [5.74, 6) is -3.30. The minimum atomic E-state index is -2.64. The minimum Gasteiger partial charge on any atom is -0.457 e. The smallest absolute Gasteiger partial charge is 0.341 e.